The second kappa shape index (κ2) is 4.70. The van der Waals surface area contributed by atoms with Crippen LogP contribution in [0, 0.1) is 5.82 Å². The van der Waals surface area contributed by atoms with Crippen LogP contribution >= 0.6 is 0 Å². The van der Waals surface area contributed by atoms with Gasteiger partial charge < -0.3 is 5.73 Å². The molecule has 0 spiro atoms. The average Bonchev–Trinajstić information content (AvgIpc) is 3.13. The fourth-order valence-electron chi connectivity index (χ4n) is 3.10. The van der Waals surface area contributed by atoms with Crippen molar-refractivity contribution >= 4 is 0 Å². The smallest absolute Gasteiger partial charge is 0.326 e. The van der Waals surface area contributed by atoms with Gasteiger partial charge in [-0.1, -0.05) is 6.07 Å². The van der Waals surface area contributed by atoms with Gasteiger partial charge >= 0.3 is 6.18 Å². The predicted molar refractivity (Wildman–Crippen MR) is 66.5 cm³/mol. The highest BCUT2D eigenvalue weighted by Crippen LogP contribution is 2.44. The van der Waals surface area contributed by atoms with E-state index in [9.17, 15) is 17.6 Å². The van der Waals surface area contributed by atoms with Crippen LogP contribution in [0.1, 0.15) is 36.4 Å². The fraction of sp³-hybridized carbons (Fsp3) is 0.571. The quantitative estimate of drug-likeness (QED) is 0.847. The number of benzene rings is 1. The molecule has 2 aliphatic rings. The third-order valence-corrected chi connectivity index (χ3v) is 4.14. The summed E-state index contributed by atoms with van der Waals surface area (Å²) in [5, 5.41) is 0. The molecule has 2 unspecified atom stereocenters. The minimum Gasteiger partial charge on any atom is -0.326 e. The number of nitrogens with zero attached hydrogens (tertiary/aromatic N) is 1. The summed E-state index contributed by atoms with van der Waals surface area (Å²) in [4.78, 5) is 2.05. The van der Waals surface area contributed by atoms with Crippen molar-refractivity contribution in [3.05, 3.63) is 35.1 Å². The van der Waals surface area contributed by atoms with Crippen LogP contribution in [0.5, 0.6) is 0 Å². The molecule has 2 atom stereocenters. The Labute approximate surface area is 114 Å². The van der Waals surface area contributed by atoms with Gasteiger partial charge in [0.15, 0.2) is 0 Å². The van der Waals surface area contributed by atoms with Gasteiger partial charge in [0.1, 0.15) is 5.82 Å². The fourth-order valence-corrected chi connectivity index (χ4v) is 3.10. The third kappa shape index (κ3) is 2.42. The maximum Gasteiger partial charge on any atom is 0.416 e. The Morgan fingerprint density at radius 3 is 2.45 bits per heavy atom. The molecule has 6 heteroatoms. The van der Waals surface area contributed by atoms with Crippen molar-refractivity contribution in [2.24, 2.45) is 5.73 Å². The van der Waals surface area contributed by atoms with E-state index in [0.717, 1.165) is 18.9 Å². The van der Waals surface area contributed by atoms with Crippen molar-refractivity contribution in [2.45, 2.75) is 43.6 Å². The molecule has 110 valence electrons. The molecule has 20 heavy (non-hydrogen) atoms. The van der Waals surface area contributed by atoms with Crippen LogP contribution in [-0.2, 0) is 6.18 Å². The molecule has 1 aliphatic heterocycles. The van der Waals surface area contributed by atoms with Crippen LogP contribution in [0.2, 0.25) is 0 Å². The second-order valence-corrected chi connectivity index (χ2v) is 5.60. The zero-order valence-electron chi connectivity index (χ0n) is 10.8. The first-order valence-electron chi connectivity index (χ1n) is 6.76. The van der Waals surface area contributed by atoms with Crippen LogP contribution in [0.4, 0.5) is 17.6 Å². The molecule has 1 aliphatic carbocycles. The Kier molecular flexibility index (Phi) is 3.25. The first-order chi connectivity index (χ1) is 9.38. The van der Waals surface area contributed by atoms with E-state index >= 15 is 0 Å². The number of hydrogen-bond acceptors (Lipinski definition) is 2. The SMILES string of the molecule is NC1CCN(C2CC2)C1c1ccc(F)cc1C(F)(F)F. The van der Waals surface area contributed by atoms with Gasteiger partial charge in [0.25, 0.3) is 0 Å². The highest BCUT2D eigenvalue weighted by molar-refractivity contribution is 5.35. The molecule has 0 bridgehead atoms. The molecular formula is C14H16F4N2. The van der Waals surface area contributed by atoms with Crippen LogP contribution < -0.4 is 5.73 Å². The van der Waals surface area contributed by atoms with E-state index in [2.05, 4.69) is 0 Å². The molecule has 2 N–H and O–H groups in total. The molecule has 1 saturated carbocycles. The molecule has 2 fully saturated rings. The minimum atomic E-state index is -4.56. The van der Waals surface area contributed by atoms with Gasteiger partial charge in [-0.15, -0.1) is 0 Å². The summed E-state index contributed by atoms with van der Waals surface area (Å²) in [5.41, 5.74) is 5.22. The molecular weight excluding hydrogens is 272 g/mol. The molecule has 1 saturated heterocycles. The van der Waals surface area contributed by atoms with Crippen molar-refractivity contribution in [2.75, 3.05) is 6.54 Å². The van der Waals surface area contributed by atoms with Crippen LogP contribution in [0.25, 0.3) is 0 Å². The number of hydrogen-bond donors (Lipinski definition) is 1. The maximum atomic E-state index is 13.2. The summed E-state index contributed by atoms with van der Waals surface area (Å²) in [6.07, 6.45) is -1.87. The van der Waals surface area contributed by atoms with Gasteiger partial charge in [0.2, 0.25) is 0 Å². The monoisotopic (exact) mass is 288 g/mol. The van der Waals surface area contributed by atoms with Gasteiger partial charge in [-0.05, 0) is 37.0 Å². The van der Waals surface area contributed by atoms with E-state index in [1.165, 1.54) is 6.07 Å². The van der Waals surface area contributed by atoms with E-state index in [0.29, 0.717) is 25.1 Å². The van der Waals surface area contributed by atoms with Crippen molar-refractivity contribution in [3.8, 4) is 0 Å². The summed E-state index contributed by atoms with van der Waals surface area (Å²) in [6, 6.07) is 2.44. The van der Waals surface area contributed by atoms with E-state index in [1.54, 1.807) is 0 Å². The van der Waals surface area contributed by atoms with Gasteiger partial charge in [-0.3, -0.25) is 4.90 Å². The summed E-state index contributed by atoms with van der Waals surface area (Å²) < 4.78 is 52.6. The summed E-state index contributed by atoms with van der Waals surface area (Å²) >= 11 is 0. The highest BCUT2D eigenvalue weighted by atomic mass is 19.4. The van der Waals surface area contributed by atoms with Crippen LogP contribution in [0.15, 0.2) is 18.2 Å². The van der Waals surface area contributed by atoms with Crippen LogP contribution in [-0.4, -0.2) is 23.5 Å². The summed E-state index contributed by atoms with van der Waals surface area (Å²) in [6.45, 7) is 0.713. The first-order valence-corrected chi connectivity index (χ1v) is 6.76. The van der Waals surface area contributed by atoms with Crippen molar-refractivity contribution in [1.82, 2.24) is 4.90 Å². The molecule has 1 aromatic rings. The lowest BCUT2D eigenvalue weighted by Crippen LogP contribution is -2.34. The second-order valence-electron chi connectivity index (χ2n) is 5.60. The Hall–Kier alpha value is -1.14. The normalized spacial score (nSPS) is 28.1. The van der Waals surface area contributed by atoms with Gasteiger partial charge in [0, 0.05) is 18.6 Å². The zero-order chi connectivity index (χ0) is 14.5. The molecule has 0 radical (unpaired) electrons. The number of rotatable bonds is 2. The lowest BCUT2D eigenvalue weighted by molar-refractivity contribution is -0.139. The number of nitrogens with two attached hydrogens (primary N) is 1. The molecule has 2 nitrogen and oxygen atoms in total. The molecule has 1 heterocycles. The Balaban J connectivity index is 2.04. The third-order valence-electron chi connectivity index (χ3n) is 4.14. The summed E-state index contributed by atoms with van der Waals surface area (Å²) in [7, 11) is 0. The predicted octanol–water partition coefficient (Wildman–Crippen LogP) is 3.08. The molecule has 0 aromatic heterocycles. The van der Waals surface area contributed by atoms with E-state index < -0.39 is 23.6 Å². The molecule has 0 amide bonds. The van der Waals surface area contributed by atoms with Gasteiger partial charge in [0.05, 0.1) is 11.6 Å². The maximum absolute atomic E-state index is 13.2. The summed E-state index contributed by atoms with van der Waals surface area (Å²) in [5.74, 6) is -0.870. The largest absolute Gasteiger partial charge is 0.416 e. The first kappa shape index (κ1) is 13.8. The van der Waals surface area contributed by atoms with Gasteiger partial charge in [-0.25, -0.2) is 4.39 Å². The Morgan fingerprint density at radius 1 is 1.15 bits per heavy atom. The van der Waals surface area contributed by atoms with E-state index in [1.807, 2.05) is 4.90 Å². The standard InChI is InChI=1S/C14H16F4N2/c15-8-1-4-10(11(7-8)14(16,17)18)13-12(19)5-6-20(13)9-2-3-9/h1,4,7,9,12-13H,2-3,5-6,19H2. The number of alkyl halides is 3. The highest BCUT2D eigenvalue weighted by Gasteiger charge is 2.45. The molecule has 1 aromatic carbocycles. The van der Waals surface area contributed by atoms with E-state index in [-0.39, 0.29) is 11.6 Å². The van der Waals surface area contributed by atoms with Crippen molar-refractivity contribution in [1.29, 1.82) is 0 Å². The lowest BCUT2D eigenvalue weighted by Gasteiger charge is -2.29. The number of halogens is 4. The zero-order valence-corrected chi connectivity index (χ0v) is 10.8. The number of likely N-dealkylation sites (tertiary alicyclic amines) is 1. The van der Waals surface area contributed by atoms with E-state index in [4.69, 9.17) is 5.73 Å². The topological polar surface area (TPSA) is 29.3 Å². The average molecular weight is 288 g/mol. The Bertz CT molecular complexity index is 510. The van der Waals surface area contributed by atoms with Gasteiger partial charge in [-0.2, -0.15) is 13.2 Å². The van der Waals surface area contributed by atoms with Crippen LogP contribution in [0.3, 0.4) is 0 Å². The Morgan fingerprint density at radius 2 is 1.85 bits per heavy atom. The van der Waals surface area contributed by atoms with Crippen molar-refractivity contribution < 1.29 is 17.6 Å². The minimum absolute atomic E-state index is 0.107. The van der Waals surface area contributed by atoms with Crippen molar-refractivity contribution in [3.63, 3.8) is 0 Å². The molecule has 3 rings (SSSR count). The lowest BCUT2D eigenvalue weighted by atomic mass is 9.95.